The third-order valence-electron chi connectivity index (χ3n) is 1.84. The molecule has 0 amide bonds. The minimum absolute atomic E-state index is 0.0525. The monoisotopic (exact) mass is 214 g/mol. The summed E-state index contributed by atoms with van der Waals surface area (Å²) in [5, 5.41) is 9.41. The summed E-state index contributed by atoms with van der Waals surface area (Å²) < 4.78 is 4.84. The van der Waals surface area contributed by atoms with Gasteiger partial charge in [0.1, 0.15) is 12.7 Å². The smallest absolute Gasteiger partial charge is 0.311 e. The van der Waals surface area contributed by atoms with Crippen LogP contribution in [-0.2, 0) is 14.3 Å². The molecule has 0 aromatic heterocycles. The van der Waals surface area contributed by atoms with E-state index in [1.165, 1.54) is 6.92 Å². The summed E-state index contributed by atoms with van der Waals surface area (Å²) >= 11 is 0. The van der Waals surface area contributed by atoms with Gasteiger partial charge in [0.15, 0.2) is 5.78 Å². The first-order valence-electron chi connectivity index (χ1n) is 4.71. The highest BCUT2D eigenvalue weighted by atomic mass is 16.5. The molecule has 0 aliphatic heterocycles. The van der Waals surface area contributed by atoms with Crippen molar-refractivity contribution in [2.45, 2.75) is 33.8 Å². The van der Waals surface area contributed by atoms with Gasteiger partial charge >= 0.3 is 5.97 Å². The Kier molecular flexibility index (Phi) is 4.68. The first-order valence-corrected chi connectivity index (χ1v) is 4.71. The van der Waals surface area contributed by atoms with Crippen LogP contribution in [0.3, 0.4) is 0 Å². The molecule has 0 bridgehead atoms. The van der Waals surface area contributed by atoms with Gasteiger partial charge < -0.3 is 9.84 Å². The molecular formula is C11H18O4. The maximum absolute atomic E-state index is 11.3. The van der Waals surface area contributed by atoms with E-state index in [-0.39, 0.29) is 18.0 Å². The maximum atomic E-state index is 11.3. The predicted molar refractivity (Wildman–Crippen MR) is 56.2 cm³/mol. The van der Waals surface area contributed by atoms with Crippen molar-refractivity contribution >= 4 is 11.8 Å². The fraction of sp³-hybridized carbons (Fsp3) is 0.636. The van der Waals surface area contributed by atoms with Crippen molar-refractivity contribution in [2.24, 2.45) is 5.41 Å². The van der Waals surface area contributed by atoms with Crippen LogP contribution in [0.2, 0.25) is 0 Å². The molecule has 86 valence electrons. The van der Waals surface area contributed by atoms with Gasteiger partial charge in [0.2, 0.25) is 0 Å². The highest BCUT2D eigenvalue weighted by Gasteiger charge is 2.24. The van der Waals surface area contributed by atoms with E-state index in [1.54, 1.807) is 20.8 Å². The number of rotatable bonds is 4. The van der Waals surface area contributed by atoms with Crippen molar-refractivity contribution in [1.82, 2.24) is 0 Å². The van der Waals surface area contributed by atoms with Gasteiger partial charge in [0.05, 0.1) is 5.41 Å². The van der Waals surface area contributed by atoms with Gasteiger partial charge in [-0.2, -0.15) is 0 Å². The largest absolute Gasteiger partial charge is 0.462 e. The van der Waals surface area contributed by atoms with Gasteiger partial charge in [-0.1, -0.05) is 6.58 Å². The Morgan fingerprint density at radius 3 is 2.20 bits per heavy atom. The minimum Gasteiger partial charge on any atom is -0.462 e. The Morgan fingerprint density at radius 2 is 1.87 bits per heavy atom. The van der Waals surface area contributed by atoms with E-state index < -0.39 is 17.5 Å². The molecule has 0 aromatic carbocycles. The number of hydrogen-bond acceptors (Lipinski definition) is 4. The van der Waals surface area contributed by atoms with Crippen molar-refractivity contribution in [2.75, 3.05) is 6.61 Å². The van der Waals surface area contributed by atoms with E-state index in [2.05, 4.69) is 6.58 Å². The second kappa shape index (κ2) is 5.07. The fourth-order valence-electron chi connectivity index (χ4n) is 0.706. The first kappa shape index (κ1) is 13.8. The summed E-state index contributed by atoms with van der Waals surface area (Å²) in [7, 11) is 0. The molecule has 0 aliphatic rings. The van der Waals surface area contributed by atoms with Crippen molar-refractivity contribution in [3.8, 4) is 0 Å². The van der Waals surface area contributed by atoms with Gasteiger partial charge in [-0.15, -0.1) is 0 Å². The molecule has 4 nitrogen and oxygen atoms in total. The summed E-state index contributed by atoms with van der Waals surface area (Å²) in [6, 6.07) is 0. The first-order chi connectivity index (χ1) is 6.66. The number of carbonyl (C=O) groups is 2. The van der Waals surface area contributed by atoms with E-state index in [9.17, 15) is 14.7 Å². The molecule has 0 aromatic rings. The molecular weight excluding hydrogens is 196 g/mol. The normalized spacial score (nSPS) is 13.1. The zero-order valence-electron chi connectivity index (χ0n) is 9.66. The Morgan fingerprint density at radius 1 is 1.40 bits per heavy atom. The molecule has 1 atom stereocenters. The molecule has 0 saturated heterocycles. The van der Waals surface area contributed by atoms with Gasteiger partial charge in [0.25, 0.3) is 0 Å². The number of aliphatic hydroxyl groups excluding tert-OH is 1. The highest BCUT2D eigenvalue weighted by molar-refractivity contribution is 5.93. The van der Waals surface area contributed by atoms with Gasteiger partial charge in [-0.3, -0.25) is 9.59 Å². The molecule has 0 rings (SSSR count). The van der Waals surface area contributed by atoms with Crippen molar-refractivity contribution in [3.63, 3.8) is 0 Å². The lowest BCUT2D eigenvalue weighted by Crippen LogP contribution is -2.29. The Labute approximate surface area is 89.9 Å². The van der Waals surface area contributed by atoms with Crippen LogP contribution in [0.1, 0.15) is 27.7 Å². The summed E-state index contributed by atoms with van der Waals surface area (Å²) in [5.74, 6) is -0.729. The van der Waals surface area contributed by atoms with E-state index >= 15 is 0 Å². The van der Waals surface area contributed by atoms with Gasteiger partial charge in [-0.05, 0) is 27.7 Å². The number of aliphatic hydroxyl groups is 1. The molecule has 1 N–H and O–H groups in total. The van der Waals surface area contributed by atoms with Crippen LogP contribution < -0.4 is 0 Å². The van der Waals surface area contributed by atoms with E-state index in [4.69, 9.17) is 4.74 Å². The highest BCUT2D eigenvalue weighted by Crippen LogP contribution is 2.15. The molecule has 15 heavy (non-hydrogen) atoms. The second-order valence-corrected chi connectivity index (χ2v) is 4.45. The number of carbonyl (C=O) groups excluding carboxylic acids is 2. The number of ketones is 1. The zero-order chi connectivity index (χ0) is 12.2. The van der Waals surface area contributed by atoms with Crippen molar-refractivity contribution in [1.29, 1.82) is 0 Å². The number of hydrogen-bond donors (Lipinski definition) is 1. The lowest BCUT2D eigenvalue weighted by Gasteiger charge is -2.18. The molecule has 4 heteroatoms. The van der Waals surface area contributed by atoms with Gasteiger partial charge in [-0.25, -0.2) is 0 Å². The molecule has 0 radical (unpaired) electrons. The molecule has 0 spiro atoms. The second-order valence-electron chi connectivity index (χ2n) is 4.45. The third-order valence-corrected chi connectivity index (χ3v) is 1.84. The summed E-state index contributed by atoms with van der Waals surface area (Å²) in [6.45, 7) is 9.61. The van der Waals surface area contributed by atoms with E-state index in [1.807, 2.05) is 0 Å². The van der Waals surface area contributed by atoms with Crippen LogP contribution in [0.25, 0.3) is 0 Å². The summed E-state index contributed by atoms with van der Waals surface area (Å²) in [5.41, 5.74) is -0.561. The van der Waals surface area contributed by atoms with Crippen LogP contribution in [0.5, 0.6) is 0 Å². The van der Waals surface area contributed by atoms with Crippen LogP contribution >= 0.6 is 0 Å². The Balaban J connectivity index is 4.13. The standard InChI is InChI=1S/C11H18O4/c1-7(8(2)12)9(13)6-15-10(14)11(3,4)5/h9,13H,1,6H2,2-5H3. The quantitative estimate of drug-likeness (QED) is 0.562. The SMILES string of the molecule is C=C(C(C)=O)C(O)COC(=O)C(C)(C)C. The van der Waals surface area contributed by atoms with Crippen molar-refractivity contribution in [3.05, 3.63) is 12.2 Å². The fourth-order valence-corrected chi connectivity index (χ4v) is 0.706. The van der Waals surface area contributed by atoms with Gasteiger partial charge in [0, 0.05) is 5.57 Å². The summed E-state index contributed by atoms with van der Waals surface area (Å²) in [4.78, 5) is 22.1. The van der Waals surface area contributed by atoms with Crippen molar-refractivity contribution < 1.29 is 19.4 Å². The van der Waals surface area contributed by atoms with E-state index in [0.717, 1.165) is 0 Å². The molecule has 0 fully saturated rings. The topological polar surface area (TPSA) is 63.6 Å². The molecule has 1 unspecified atom stereocenters. The van der Waals surface area contributed by atoms with E-state index in [0.29, 0.717) is 0 Å². The maximum Gasteiger partial charge on any atom is 0.311 e. The Bertz CT molecular complexity index is 273. The van der Waals surface area contributed by atoms with Crippen LogP contribution in [-0.4, -0.2) is 29.6 Å². The summed E-state index contributed by atoms with van der Waals surface area (Å²) in [6.07, 6.45) is -1.12. The Hall–Kier alpha value is -1.16. The average Bonchev–Trinajstić information content (AvgIpc) is 2.10. The number of Topliss-reactive ketones (excluding diaryl/α,β-unsaturated/α-hetero) is 1. The molecule has 0 aliphatic carbocycles. The van der Waals surface area contributed by atoms with Crippen LogP contribution in [0.15, 0.2) is 12.2 Å². The third kappa shape index (κ3) is 4.74. The average molecular weight is 214 g/mol. The minimum atomic E-state index is -1.12. The number of esters is 1. The molecule has 0 saturated carbocycles. The zero-order valence-corrected chi connectivity index (χ0v) is 9.66. The molecule has 0 heterocycles. The lowest BCUT2D eigenvalue weighted by atomic mass is 9.97. The van der Waals surface area contributed by atoms with Crippen LogP contribution in [0.4, 0.5) is 0 Å². The lowest BCUT2D eigenvalue weighted by molar-refractivity contribution is -0.155. The predicted octanol–water partition coefficient (Wildman–Crippen LogP) is 1.08. The van der Waals surface area contributed by atoms with Crippen LogP contribution in [0, 0.1) is 5.41 Å². The number of ether oxygens (including phenoxy) is 1.